The number of ether oxygens (including phenoxy) is 1. The zero-order valence-corrected chi connectivity index (χ0v) is 10.0. The topological polar surface area (TPSA) is 26.3 Å². The van der Waals surface area contributed by atoms with Crippen molar-refractivity contribution < 1.29 is 9.53 Å². The average Bonchev–Trinajstić information content (AvgIpc) is 2.29. The average molecular weight is 222 g/mol. The van der Waals surface area contributed by atoms with Gasteiger partial charge in [-0.05, 0) is 44.1 Å². The molecule has 0 N–H and O–H groups in total. The maximum Gasteiger partial charge on any atom is 0.161 e. The minimum absolute atomic E-state index is 0.249. The number of Topliss-reactive ketones (excluding diaryl/α,β-unsaturated/α-hetero) is 1. The van der Waals surface area contributed by atoms with E-state index in [1.165, 1.54) is 25.7 Å². The van der Waals surface area contributed by atoms with Gasteiger partial charge in [0.05, 0.1) is 0 Å². The van der Waals surface area contributed by atoms with E-state index < -0.39 is 0 Å². The number of carbonyl (C=O) groups excluding carboxylic acids is 1. The fraction of sp³-hybridized carbons (Fsp3) is 0.786. The van der Waals surface area contributed by atoms with Gasteiger partial charge in [0.15, 0.2) is 5.78 Å². The largest absolute Gasteiger partial charge is 0.381 e. The van der Waals surface area contributed by atoms with Crippen molar-refractivity contribution in [3.8, 4) is 0 Å². The zero-order chi connectivity index (χ0) is 11.2. The second-order valence-electron chi connectivity index (χ2n) is 4.93. The molecule has 1 aliphatic carbocycles. The Labute approximate surface area is 98.1 Å². The lowest BCUT2D eigenvalue weighted by atomic mass is 9.87. The van der Waals surface area contributed by atoms with Gasteiger partial charge in [0, 0.05) is 19.1 Å². The van der Waals surface area contributed by atoms with Crippen LogP contribution in [0.15, 0.2) is 11.6 Å². The first-order valence-electron chi connectivity index (χ1n) is 6.69. The van der Waals surface area contributed by atoms with Crippen molar-refractivity contribution in [2.45, 2.75) is 51.4 Å². The van der Waals surface area contributed by atoms with Gasteiger partial charge in [-0.25, -0.2) is 0 Å². The van der Waals surface area contributed by atoms with E-state index in [1.807, 2.05) is 0 Å². The van der Waals surface area contributed by atoms with Crippen LogP contribution in [0.2, 0.25) is 0 Å². The minimum Gasteiger partial charge on any atom is -0.381 e. The molecule has 16 heavy (non-hydrogen) atoms. The van der Waals surface area contributed by atoms with E-state index in [0.29, 0.717) is 5.78 Å². The number of hydrogen-bond donors (Lipinski definition) is 0. The van der Waals surface area contributed by atoms with Crippen LogP contribution < -0.4 is 0 Å². The normalized spacial score (nSPS) is 24.4. The third-order valence-corrected chi connectivity index (χ3v) is 3.70. The van der Waals surface area contributed by atoms with Gasteiger partial charge in [0.25, 0.3) is 0 Å². The van der Waals surface area contributed by atoms with E-state index >= 15 is 0 Å². The van der Waals surface area contributed by atoms with Crippen LogP contribution in [0, 0.1) is 5.92 Å². The lowest BCUT2D eigenvalue weighted by Crippen LogP contribution is -2.24. The highest BCUT2D eigenvalue weighted by Crippen LogP contribution is 2.24. The number of hydrogen-bond acceptors (Lipinski definition) is 2. The molecule has 2 nitrogen and oxygen atoms in total. The van der Waals surface area contributed by atoms with E-state index in [4.69, 9.17) is 4.74 Å². The highest BCUT2D eigenvalue weighted by Gasteiger charge is 2.24. The molecular formula is C14H22O2. The molecule has 0 unspecified atom stereocenters. The molecule has 1 fully saturated rings. The van der Waals surface area contributed by atoms with E-state index in [0.717, 1.165) is 44.5 Å². The molecule has 90 valence electrons. The van der Waals surface area contributed by atoms with Crippen LogP contribution >= 0.6 is 0 Å². The van der Waals surface area contributed by atoms with Crippen molar-refractivity contribution in [2.75, 3.05) is 13.2 Å². The van der Waals surface area contributed by atoms with Gasteiger partial charge in [-0.1, -0.05) is 18.9 Å². The van der Waals surface area contributed by atoms with Crippen molar-refractivity contribution in [2.24, 2.45) is 5.92 Å². The Morgan fingerprint density at radius 1 is 1.12 bits per heavy atom. The van der Waals surface area contributed by atoms with Crippen LogP contribution in [-0.4, -0.2) is 19.0 Å². The Bertz CT molecular complexity index is 262. The van der Waals surface area contributed by atoms with Gasteiger partial charge < -0.3 is 4.74 Å². The zero-order valence-electron chi connectivity index (χ0n) is 10.0. The van der Waals surface area contributed by atoms with E-state index in [-0.39, 0.29) is 5.92 Å². The monoisotopic (exact) mass is 222 g/mol. The predicted molar refractivity (Wildman–Crippen MR) is 64.3 cm³/mol. The van der Waals surface area contributed by atoms with Crippen molar-refractivity contribution >= 4 is 5.78 Å². The Morgan fingerprint density at radius 3 is 2.69 bits per heavy atom. The fourth-order valence-corrected chi connectivity index (χ4v) is 2.64. The van der Waals surface area contributed by atoms with Crippen LogP contribution in [0.3, 0.4) is 0 Å². The predicted octanol–water partition coefficient (Wildman–Crippen LogP) is 3.26. The SMILES string of the molecule is O=C(C1=CCCCCCC1)C1CCOCC1. The first-order valence-corrected chi connectivity index (χ1v) is 6.69. The van der Waals surface area contributed by atoms with Crippen molar-refractivity contribution in [1.82, 2.24) is 0 Å². The molecule has 2 rings (SSSR count). The second-order valence-corrected chi connectivity index (χ2v) is 4.93. The third-order valence-electron chi connectivity index (χ3n) is 3.70. The van der Waals surface area contributed by atoms with E-state index in [1.54, 1.807) is 0 Å². The van der Waals surface area contributed by atoms with Crippen molar-refractivity contribution in [3.63, 3.8) is 0 Å². The summed E-state index contributed by atoms with van der Waals surface area (Å²) in [7, 11) is 0. The van der Waals surface area contributed by atoms with Gasteiger partial charge in [0.2, 0.25) is 0 Å². The van der Waals surface area contributed by atoms with Gasteiger partial charge in [0.1, 0.15) is 0 Å². The van der Waals surface area contributed by atoms with Crippen LogP contribution in [0.1, 0.15) is 51.4 Å². The highest BCUT2D eigenvalue weighted by molar-refractivity contribution is 5.97. The quantitative estimate of drug-likeness (QED) is 0.717. The van der Waals surface area contributed by atoms with Gasteiger partial charge in [-0.2, -0.15) is 0 Å². The number of allylic oxidation sites excluding steroid dienone is 2. The van der Waals surface area contributed by atoms with Crippen LogP contribution in [-0.2, 0) is 9.53 Å². The maximum absolute atomic E-state index is 12.3. The first kappa shape index (κ1) is 11.8. The molecular weight excluding hydrogens is 200 g/mol. The van der Waals surface area contributed by atoms with Crippen molar-refractivity contribution in [3.05, 3.63) is 11.6 Å². The molecule has 0 spiro atoms. The third kappa shape index (κ3) is 3.18. The minimum atomic E-state index is 0.249. The number of rotatable bonds is 2. The molecule has 1 saturated heterocycles. The van der Waals surface area contributed by atoms with Gasteiger partial charge in [-0.15, -0.1) is 0 Å². The Kier molecular flexibility index (Phi) is 4.58. The second kappa shape index (κ2) is 6.19. The molecule has 0 aromatic heterocycles. The van der Waals surface area contributed by atoms with Crippen LogP contribution in [0.25, 0.3) is 0 Å². The summed E-state index contributed by atoms with van der Waals surface area (Å²) in [5.41, 5.74) is 1.12. The smallest absolute Gasteiger partial charge is 0.161 e. The summed E-state index contributed by atoms with van der Waals surface area (Å²) in [6, 6.07) is 0. The van der Waals surface area contributed by atoms with E-state index in [9.17, 15) is 4.79 Å². The maximum atomic E-state index is 12.3. The molecule has 0 bridgehead atoms. The molecule has 1 aliphatic heterocycles. The number of carbonyl (C=O) groups is 1. The summed E-state index contributed by atoms with van der Waals surface area (Å²) in [6.45, 7) is 1.54. The highest BCUT2D eigenvalue weighted by atomic mass is 16.5. The molecule has 0 radical (unpaired) electrons. The molecule has 2 heteroatoms. The lowest BCUT2D eigenvalue weighted by Gasteiger charge is -2.22. The fourth-order valence-electron chi connectivity index (χ4n) is 2.64. The summed E-state index contributed by atoms with van der Waals surface area (Å²) >= 11 is 0. The standard InChI is InChI=1S/C14H22O2/c15-14(13-8-10-16-11-9-13)12-6-4-2-1-3-5-7-12/h6,13H,1-5,7-11H2. The number of ketones is 1. The van der Waals surface area contributed by atoms with E-state index in [2.05, 4.69) is 6.08 Å². The molecule has 0 saturated carbocycles. The molecule has 2 aliphatic rings. The Morgan fingerprint density at radius 2 is 1.88 bits per heavy atom. The Balaban J connectivity index is 1.95. The summed E-state index contributed by atoms with van der Waals surface area (Å²) in [5.74, 6) is 0.671. The molecule has 0 atom stereocenters. The molecule has 0 aromatic carbocycles. The van der Waals surface area contributed by atoms with Gasteiger partial charge >= 0.3 is 0 Å². The van der Waals surface area contributed by atoms with Crippen molar-refractivity contribution in [1.29, 1.82) is 0 Å². The molecule has 1 heterocycles. The summed E-state index contributed by atoms with van der Waals surface area (Å²) in [6.07, 6.45) is 11.2. The molecule has 0 amide bonds. The summed E-state index contributed by atoms with van der Waals surface area (Å²) in [4.78, 5) is 12.3. The summed E-state index contributed by atoms with van der Waals surface area (Å²) < 4.78 is 5.31. The Hall–Kier alpha value is -0.630. The van der Waals surface area contributed by atoms with Crippen LogP contribution in [0.5, 0.6) is 0 Å². The lowest BCUT2D eigenvalue weighted by molar-refractivity contribution is -0.122. The molecule has 0 aromatic rings. The summed E-state index contributed by atoms with van der Waals surface area (Å²) in [5, 5.41) is 0. The van der Waals surface area contributed by atoms with Gasteiger partial charge in [-0.3, -0.25) is 4.79 Å². The van der Waals surface area contributed by atoms with Crippen LogP contribution in [0.4, 0.5) is 0 Å². The first-order chi connectivity index (χ1) is 7.88.